The van der Waals surface area contributed by atoms with Gasteiger partial charge in [-0.25, -0.2) is 4.79 Å². The lowest BCUT2D eigenvalue weighted by Crippen LogP contribution is -2.38. The lowest BCUT2D eigenvalue weighted by Gasteiger charge is -2.38. The van der Waals surface area contributed by atoms with E-state index in [0.29, 0.717) is 16.4 Å². The summed E-state index contributed by atoms with van der Waals surface area (Å²) in [6, 6.07) is 5.84. The Bertz CT molecular complexity index is 1010. The Morgan fingerprint density at radius 1 is 1.13 bits per heavy atom. The summed E-state index contributed by atoms with van der Waals surface area (Å²) in [4.78, 5) is 26.9. The van der Waals surface area contributed by atoms with Gasteiger partial charge in [0.2, 0.25) is 0 Å². The zero-order valence-corrected chi connectivity index (χ0v) is 17.9. The summed E-state index contributed by atoms with van der Waals surface area (Å²) in [5.41, 5.74) is -0.101. The second-order valence-electron chi connectivity index (χ2n) is 8.07. The van der Waals surface area contributed by atoms with Gasteiger partial charge in [-0.05, 0) is 67.3 Å². The molecule has 8 nitrogen and oxygen atoms in total. The van der Waals surface area contributed by atoms with Crippen LogP contribution in [0.3, 0.4) is 0 Å². The van der Waals surface area contributed by atoms with Crippen molar-refractivity contribution in [3.8, 4) is 0 Å². The third-order valence-corrected chi connectivity index (χ3v) is 6.40. The predicted molar refractivity (Wildman–Crippen MR) is 114 cm³/mol. The van der Waals surface area contributed by atoms with Crippen LogP contribution in [0.1, 0.15) is 61.3 Å². The van der Waals surface area contributed by atoms with Gasteiger partial charge >= 0.3 is 5.97 Å². The number of aromatic nitrogens is 4. The number of hydrogen-bond acceptors (Lipinski definition) is 5. The second-order valence-corrected chi connectivity index (χ2v) is 8.50. The summed E-state index contributed by atoms with van der Waals surface area (Å²) in [6.45, 7) is 1.51. The Kier molecular flexibility index (Phi) is 5.91. The zero-order valence-electron chi connectivity index (χ0n) is 17.2. The quantitative estimate of drug-likeness (QED) is 0.753. The summed E-state index contributed by atoms with van der Waals surface area (Å²) in [6.07, 6.45) is 12.8. The van der Waals surface area contributed by atoms with E-state index in [9.17, 15) is 14.7 Å². The van der Waals surface area contributed by atoms with Crippen molar-refractivity contribution >= 4 is 23.5 Å². The normalized spacial score (nSPS) is 19.4. The topological polar surface area (TPSA) is 101 Å². The summed E-state index contributed by atoms with van der Waals surface area (Å²) in [5.74, 6) is -0.486. The zero-order chi connectivity index (χ0) is 22.0. The van der Waals surface area contributed by atoms with Gasteiger partial charge in [-0.2, -0.15) is 0 Å². The van der Waals surface area contributed by atoms with Gasteiger partial charge in [0.1, 0.15) is 0 Å². The van der Waals surface area contributed by atoms with Crippen LogP contribution in [-0.2, 0) is 10.2 Å². The van der Waals surface area contributed by atoms with Crippen LogP contribution < -0.4 is 0 Å². The Morgan fingerprint density at radius 3 is 2.39 bits per heavy atom. The van der Waals surface area contributed by atoms with Crippen LogP contribution in [-0.4, -0.2) is 42.1 Å². The maximum Gasteiger partial charge on any atom is 0.330 e. The van der Waals surface area contributed by atoms with E-state index in [2.05, 4.69) is 15.4 Å². The van der Waals surface area contributed by atoms with Gasteiger partial charge in [-0.1, -0.05) is 30.9 Å². The number of benzene rings is 1. The number of carbonyl (C=O) groups is 2. The van der Waals surface area contributed by atoms with E-state index in [-0.39, 0.29) is 11.8 Å². The number of amides is 1. The largest absolute Gasteiger partial charge is 0.480 e. The first-order valence-electron chi connectivity index (χ1n) is 10.4. The highest BCUT2D eigenvalue weighted by molar-refractivity contribution is 6.30. The Balaban J connectivity index is 1.65. The van der Waals surface area contributed by atoms with Crippen LogP contribution >= 0.6 is 11.6 Å². The van der Waals surface area contributed by atoms with E-state index in [1.807, 2.05) is 12.2 Å². The van der Waals surface area contributed by atoms with Crippen LogP contribution in [0.15, 0.2) is 48.8 Å². The average molecular weight is 442 g/mol. The molecule has 1 aromatic heterocycles. The highest BCUT2D eigenvalue weighted by atomic mass is 35.5. The third-order valence-electron chi connectivity index (χ3n) is 6.15. The number of carboxylic acid groups (broad SMARTS) is 1. The molecule has 1 saturated carbocycles. The van der Waals surface area contributed by atoms with E-state index in [4.69, 9.17) is 11.6 Å². The van der Waals surface area contributed by atoms with Gasteiger partial charge in [0.15, 0.2) is 11.9 Å². The highest BCUT2D eigenvalue weighted by Gasteiger charge is 2.42. The summed E-state index contributed by atoms with van der Waals surface area (Å²) in [7, 11) is 0. The molecule has 0 saturated heterocycles. The second kappa shape index (κ2) is 8.63. The van der Waals surface area contributed by atoms with Gasteiger partial charge in [0.25, 0.3) is 5.91 Å². The monoisotopic (exact) mass is 441 g/mol. The van der Waals surface area contributed by atoms with Crippen LogP contribution in [0.25, 0.3) is 0 Å². The van der Waals surface area contributed by atoms with E-state index in [1.54, 1.807) is 36.7 Å². The van der Waals surface area contributed by atoms with Crippen molar-refractivity contribution in [3.05, 3.63) is 65.2 Å². The maximum absolute atomic E-state index is 12.9. The molecule has 9 heteroatoms. The Hall–Kier alpha value is -3.00. The van der Waals surface area contributed by atoms with Crippen molar-refractivity contribution < 1.29 is 14.7 Å². The molecule has 1 fully saturated rings. The molecule has 31 heavy (non-hydrogen) atoms. The smallest absolute Gasteiger partial charge is 0.330 e. The molecule has 2 aliphatic rings. The molecule has 1 aliphatic carbocycles. The standard InChI is InChI=1S/C22H24ClN5O3/c1-15(20(30)31)28-25-21(24-26-28)22(17-5-3-2-4-6-17)11-13-27(14-12-22)19(29)16-7-9-18(23)10-8-16/h7-15,17H,2-6H2,1H3,(H,30,31). The maximum atomic E-state index is 12.9. The van der Waals surface area contributed by atoms with E-state index >= 15 is 0 Å². The van der Waals surface area contributed by atoms with Crippen LogP contribution in [0.4, 0.5) is 0 Å². The molecular formula is C22H24ClN5O3. The van der Waals surface area contributed by atoms with E-state index in [0.717, 1.165) is 30.5 Å². The molecule has 1 amide bonds. The lowest BCUT2D eigenvalue weighted by atomic mass is 9.67. The number of hydrogen-bond donors (Lipinski definition) is 1. The van der Waals surface area contributed by atoms with Crippen molar-refractivity contribution in [2.75, 3.05) is 0 Å². The minimum Gasteiger partial charge on any atom is -0.480 e. The van der Waals surface area contributed by atoms with Gasteiger partial charge in [-0.15, -0.1) is 15.0 Å². The summed E-state index contributed by atoms with van der Waals surface area (Å²) < 4.78 is 0. The lowest BCUT2D eigenvalue weighted by molar-refractivity contribution is -0.141. The predicted octanol–water partition coefficient (Wildman–Crippen LogP) is 3.97. The van der Waals surface area contributed by atoms with Gasteiger partial charge in [-0.3, -0.25) is 9.69 Å². The number of carbonyl (C=O) groups excluding carboxylic acids is 1. The molecule has 2 heterocycles. The molecule has 1 aromatic carbocycles. The first-order chi connectivity index (χ1) is 14.9. The molecule has 162 valence electrons. The summed E-state index contributed by atoms with van der Waals surface area (Å²) in [5, 5.41) is 22.5. The van der Waals surface area contributed by atoms with E-state index < -0.39 is 17.4 Å². The molecule has 1 unspecified atom stereocenters. The molecule has 0 radical (unpaired) electrons. The van der Waals surface area contributed by atoms with Crippen molar-refractivity contribution in [2.24, 2.45) is 5.92 Å². The van der Waals surface area contributed by atoms with Crippen LogP contribution in [0, 0.1) is 5.92 Å². The van der Waals surface area contributed by atoms with Gasteiger partial charge in [0, 0.05) is 23.0 Å². The average Bonchev–Trinajstić information content (AvgIpc) is 3.30. The first-order valence-corrected chi connectivity index (χ1v) is 10.8. The first kappa shape index (κ1) is 21.2. The van der Waals surface area contributed by atoms with Crippen molar-refractivity contribution in [2.45, 2.75) is 50.5 Å². The SMILES string of the molecule is CC(C(=O)O)n1nnc(C2(C3CCCCC3)C=CN(C(=O)c3ccc(Cl)cc3)C=C2)n1. The minimum atomic E-state index is -1.02. The fraction of sp³-hybridized carbons (Fsp3) is 0.409. The minimum absolute atomic E-state index is 0.169. The molecule has 0 spiro atoms. The number of aliphatic carboxylic acids is 1. The molecule has 2 aromatic rings. The van der Waals surface area contributed by atoms with Crippen molar-refractivity contribution in [3.63, 3.8) is 0 Å². The molecule has 1 atom stereocenters. The molecule has 1 aliphatic heterocycles. The number of carboxylic acids is 1. The number of rotatable bonds is 5. The fourth-order valence-corrected chi connectivity index (χ4v) is 4.36. The Morgan fingerprint density at radius 2 is 1.77 bits per heavy atom. The van der Waals surface area contributed by atoms with Crippen LogP contribution in [0.5, 0.6) is 0 Å². The Labute approximate surface area is 185 Å². The highest BCUT2D eigenvalue weighted by Crippen LogP contribution is 2.43. The van der Waals surface area contributed by atoms with E-state index in [1.165, 1.54) is 18.2 Å². The third kappa shape index (κ3) is 4.12. The summed E-state index contributed by atoms with van der Waals surface area (Å²) >= 11 is 5.93. The van der Waals surface area contributed by atoms with Gasteiger partial charge in [0.05, 0.1) is 5.41 Å². The van der Waals surface area contributed by atoms with Crippen LogP contribution in [0.2, 0.25) is 5.02 Å². The fourth-order valence-electron chi connectivity index (χ4n) is 4.23. The van der Waals surface area contributed by atoms with Gasteiger partial charge < -0.3 is 5.11 Å². The van der Waals surface area contributed by atoms with Crippen molar-refractivity contribution in [1.29, 1.82) is 0 Å². The molecule has 4 rings (SSSR count). The van der Waals surface area contributed by atoms with Crippen molar-refractivity contribution in [1.82, 2.24) is 25.1 Å². The number of tetrazole rings is 1. The molecule has 0 bridgehead atoms. The number of allylic oxidation sites excluding steroid dienone is 2. The molecular weight excluding hydrogens is 418 g/mol. The number of nitrogens with zero attached hydrogens (tertiary/aromatic N) is 5. The number of halogens is 1. The molecule has 1 N–H and O–H groups in total.